The van der Waals surface area contributed by atoms with Crippen LogP contribution in [0.15, 0.2) is 17.0 Å². The van der Waals surface area contributed by atoms with Crippen molar-refractivity contribution in [2.24, 2.45) is 0 Å². The summed E-state index contributed by atoms with van der Waals surface area (Å²) in [5, 5.41) is 2.97. The van der Waals surface area contributed by atoms with E-state index in [-0.39, 0.29) is 12.1 Å². The van der Waals surface area contributed by atoms with E-state index in [0.717, 1.165) is 19.5 Å². The second-order valence-electron chi connectivity index (χ2n) is 7.75. The number of anilines is 1. The van der Waals surface area contributed by atoms with E-state index >= 15 is 0 Å². The van der Waals surface area contributed by atoms with E-state index in [1.165, 1.54) is 40.3 Å². The fraction of sp³-hybridized carbons (Fsp3) is 0.632. The minimum Gasteiger partial charge on any atom is -0.444 e. The van der Waals surface area contributed by atoms with Crippen LogP contribution in [-0.4, -0.2) is 36.6 Å². The molecule has 132 valence electrons. The molecule has 0 saturated carbocycles. The molecule has 2 aliphatic heterocycles. The van der Waals surface area contributed by atoms with Crippen molar-refractivity contribution in [3.05, 3.63) is 23.3 Å². The Labute approximate surface area is 149 Å². The minimum atomic E-state index is -0.458. The Morgan fingerprint density at radius 1 is 1.38 bits per heavy atom. The third-order valence-corrected chi connectivity index (χ3v) is 5.56. The van der Waals surface area contributed by atoms with Crippen molar-refractivity contribution < 1.29 is 9.53 Å². The van der Waals surface area contributed by atoms with Crippen molar-refractivity contribution in [2.75, 3.05) is 23.7 Å². The van der Waals surface area contributed by atoms with Gasteiger partial charge in [-0.3, -0.25) is 0 Å². The first kappa shape index (κ1) is 17.5. The maximum atomic E-state index is 12.0. The second kappa shape index (κ2) is 6.87. The predicted octanol–water partition coefficient (Wildman–Crippen LogP) is 4.00. The van der Waals surface area contributed by atoms with Crippen molar-refractivity contribution in [1.82, 2.24) is 5.32 Å². The lowest BCUT2D eigenvalue weighted by molar-refractivity contribution is 0.0510. The van der Waals surface area contributed by atoms with E-state index in [0.29, 0.717) is 0 Å². The number of thioether (sulfide) groups is 1. The second-order valence-corrected chi connectivity index (χ2v) is 8.88. The number of nitrogens with zero attached hydrogens (tertiary/aromatic N) is 1. The maximum Gasteiger partial charge on any atom is 0.407 e. The SMILES string of the molecule is CC(CN1CCc2ccc3c(c21)CCCS3)NC(=O)OC(C)(C)C. The Morgan fingerprint density at radius 3 is 2.92 bits per heavy atom. The number of rotatable bonds is 3. The smallest absolute Gasteiger partial charge is 0.407 e. The van der Waals surface area contributed by atoms with Gasteiger partial charge in [-0.2, -0.15) is 0 Å². The third kappa shape index (κ3) is 4.00. The third-order valence-electron chi connectivity index (χ3n) is 4.38. The number of hydrogen-bond donors (Lipinski definition) is 1. The number of benzene rings is 1. The van der Waals surface area contributed by atoms with Crippen LogP contribution in [0.5, 0.6) is 0 Å². The zero-order valence-electron chi connectivity index (χ0n) is 15.1. The molecule has 0 spiro atoms. The van der Waals surface area contributed by atoms with E-state index < -0.39 is 5.60 Å². The molecule has 1 amide bonds. The quantitative estimate of drug-likeness (QED) is 0.896. The summed E-state index contributed by atoms with van der Waals surface area (Å²) in [6, 6.07) is 4.64. The van der Waals surface area contributed by atoms with Crippen molar-refractivity contribution in [1.29, 1.82) is 0 Å². The average Bonchev–Trinajstić information content (AvgIpc) is 2.88. The van der Waals surface area contributed by atoms with Gasteiger partial charge in [0, 0.05) is 29.7 Å². The number of ether oxygens (including phenoxy) is 1. The fourth-order valence-corrected chi connectivity index (χ4v) is 4.55. The number of hydrogen-bond acceptors (Lipinski definition) is 4. The first-order valence-corrected chi connectivity index (χ1v) is 9.84. The molecular weight excluding hydrogens is 320 g/mol. The molecule has 1 atom stereocenters. The summed E-state index contributed by atoms with van der Waals surface area (Å²) in [5.74, 6) is 1.22. The van der Waals surface area contributed by atoms with Gasteiger partial charge in [-0.05, 0) is 69.9 Å². The maximum absolute atomic E-state index is 12.0. The molecule has 0 aromatic heterocycles. The Bertz CT molecular complexity index is 625. The summed E-state index contributed by atoms with van der Waals surface area (Å²) < 4.78 is 5.36. The van der Waals surface area contributed by atoms with Crippen LogP contribution < -0.4 is 10.2 Å². The highest BCUT2D eigenvalue weighted by molar-refractivity contribution is 7.99. The van der Waals surface area contributed by atoms with E-state index in [9.17, 15) is 4.79 Å². The number of amides is 1. The zero-order chi connectivity index (χ0) is 17.3. The van der Waals surface area contributed by atoms with Crippen molar-refractivity contribution >= 4 is 23.5 Å². The summed E-state index contributed by atoms with van der Waals surface area (Å²) in [7, 11) is 0. The Morgan fingerprint density at radius 2 is 2.17 bits per heavy atom. The number of carbonyl (C=O) groups excluding carboxylic acids is 1. The van der Waals surface area contributed by atoms with Crippen LogP contribution in [-0.2, 0) is 17.6 Å². The molecule has 4 nitrogen and oxygen atoms in total. The van der Waals surface area contributed by atoms with Crippen molar-refractivity contribution in [2.45, 2.75) is 63.5 Å². The van der Waals surface area contributed by atoms with Gasteiger partial charge in [0.1, 0.15) is 5.60 Å². The lowest BCUT2D eigenvalue weighted by Crippen LogP contribution is -2.43. The summed E-state index contributed by atoms with van der Waals surface area (Å²) in [5.41, 5.74) is 3.95. The van der Waals surface area contributed by atoms with Crippen LogP contribution in [0, 0.1) is 0 Å². The number of carbonyl (C=O) groups is 1. The predicted molar refractivity (Wildman–Crippen MR) is 100 cm³/mol. The van der Waals surface area contributed by atoms with Crippen LogP contribution in [0.2, 0.25) is 0 Å². The van der Waals surface area contributed by atoms with Gasteiger partial charge in [0.25, 0.3) is 0 Å². The van der Waals surface area contributed by atoms with Gasteiger partial charge < -0.3 is 15.0 Å². The topological polar surface area (TPSA) is 41.6 Å². The summed E-state index contributed by atoms with van der Waals surface area (Å²) in [6.45, 7) is 9.57. The molecular formula is C19H28N2O2S. The summed E-state index contributed by atoms with van der Waals surface area (Å²) in [6.07, 6.45) is 3.20. The molecule has 0 fully saturated rings. The monoisotopic (exact) mass is 348 g/mol. The lowest BCUT2D eigenvalue weighted by Gasteiger charge is -2.29. The minimum absolute atomic E-state index is 0.0536. The van der Waals surface area contributed by atoms with Gasteiger partial charge in [-0.25, -0.2) is 4.79 Å². The van der Waals surface area contributed by atoms with Gasteiger partial charge >= 0.3 is 6.09 Å². The van der Waals surface area contributed by atoms with Crippen molar-refractivity contribution in [3.63, 3.8) is 0 Å². The molecule has 2 aliphatic rings. The highest BCUT2D eigenvalue weighted by Crippen LogP contribution is 2.41. The van der Waals surface area contributed by atoms with E-state index in [4.69, 9.17) is 4.74 Å². The Kier molecular flexibility index (Phi) is 5.00. The van der Waals surface area contributed by atoms with Gasteiger partial charge in [-0.15, -0.1) is 11.8 Å². The van der Waals surface area contributed by atoms with Crippen molar-refractivity contribution in [3.8, 4) is 0 Å². The lowest BCUT2D eigenvalue weighted by atomic mass is 10.0. The van der Waals surface area contributed by atoms with Gasteiger partial charge in [0.2, 0.25) is 0 Å². The van der Waals surface area contributed by atoms with Crippen LogP contribution in [0.4, 0.5) is 10.5 Å². The van der Waals surface area contributed by atoms with Gasteiger partial charge in [-0.1, -0.05) is 6.07 Å². The summed E-state index contributed by atoms with van der Waals surface area (Å²) >= 11 is 1.98. The molecule has 1 aromatic carbocycles. The van der Waals surface area contributed by atoms with Gasteiger partial charge in [0.05, 0.1) is 0 Å². The molecule has 1 N–H and O–H groups in total. The molecule has 0 aliphatic carbocycles. The molecule has 5 heteroatoms. The molecule has 3 rings (SSSR count). The van der Waals surface area contributed by atoms with Gasteiger partial charge in [0.15, 0.2) is 0 Å². The Balaban J connectivity index is 1.67. The fourth-order valence-electron chi connectivity index (χ4n) is 3.50. The number of nitrogens with one attached hydrogen (secondary N) is 1. The van der Waals surface area contributed by atoms with E-state index in [1.54, 1.807) is 0 Å². The molecule has 0 bridgehead atoms. The highest BCUT2D eigenvalue weighted by Gasteiger charge is 2.27. The Hall–Kier alpha value is -1.36. The highest BCUT2D eigenvalue weighted by atomic mass is 32.2. The standard InChI is InChI=1S/C19H28N2O2S/c1-13(20-18(22)23-19(2,3)4)12-21-10-9-14-7-8-16-15(17(14)21)6-5-11-24-16/h7-8,13H,5-6,9-12H2,1-4H3,(H,20,22). The summed E-state index contributed by atoms with van der Waals surface area (Å²) in [4.78, 5) is 15.9. The zero-order valence-corrected chi connectivity index (χ0v) is 16.0. The van der Waals surface area contributed by atoms with Crippen LogP contribution in [0.1, 0.15) is 45.2 Å². The largest absolute Gasteiger partial charge is 0.444 e. The van der Waals surface area contributed by atoms with Crippen LogP contribution in [0.25, 0.3) is 0 Å². The average molecular weight is 349 g/mol. The number of fused-ring (bicyclic) bond motifs is 3. The normalized spacial score (nSPS) is 17.9. The molecule has 0 radical (unpaired) electrons. The molecule has 2 heterocycles. The molecule has 1 unspecified atom stereocenters. The van der Waals surface area contributed by atoms with E-state index in [1.807, 2.05) is 39.5 Å². The van der Waals surface area contributed by atoms with Crippen LogP contribution >= 0.6 is 11.8 Å². The molecule has 1 aromatic rings. The molecule has 24 heavy (non-hydrogen) atoms. The van der Waals surface area contributed by atoms with Crippen LogP contribution in [0.3, 0.4) is 0 Å². The molecule has 0 saturated heterocycles. The first-order valence-electron chi connectivity index (χ1n) is 8.85. The van der Waals surface area contributed by atoms with E-state index in [2.05, 4.69) is 22.3 Å². The first-order chi connectivity index (χ1) is 11.3. The number of alkyl carbamates (subject to hydrolysis) is 1.